The Hall–Kier alpha value is -3.66. The van der Waals surface area contributed by atoms with Gasteiger partial charge in [-0.25, -0.2) is 0 Å². The van der Waals surface area contributed by atoms with Crippen LogP contribution in [0, 0.1) is 0 Å². The van der Waals surface area contributed by atoms with Gasteiger partial charge in [-0.15, -0.1) is 0 Å². The van der Waals surface area contributed by atoms with Crippen molar-refractivity contribution in [3.63, 3.8) is 0 Å². The maximum Gasteiger partial charge on any atom is 0.255 e. The highest BCUT2D eigenvalue weighted by molar-refractivity contribution is 6.15. The molecule has 0 aliphatic heterocycles. The second-order valence-corrected chi connectivity index (χ2v) is 6.50. The molecule has 0 atom stereocenters. The lowest BCUT2D eigenvalue weighted by Crippen LogP contribution is -2.13. The molecule has 0 heterocycles. The molecule has 1 amide bonds. The number of fused-ring (bicyclic) bond motifs is 1. The van der Waals surface area contributed by atoms with E-state index in [1.807, 2.05) is 54.6 Å². The van der Waals surface area contributed by atoms with Crippen molar-refractivity contribution in [1.82, 2.24) is 0 Å². The average molecular weight is 354 g/mol. The predicted octanol–water partition coefficient (Wildman–Crippen LogP) is 4.34. The molecule has 3 aromatic rings. The quantitative estimate of drug-likeness (QED) is 0.543. The van der Waals surface area contributed by atoms with Crippen LogP contribution in [-0.2, 0) is 6.42 Å². The Kier molecular flexibility index (Phi) is 4.30. The molecule has 0 unspecified atom stereocenters. The minimum atomic E-state index is -0.226. The van der Waals surface area contributed by atoms with Crippen molar-refractivity contribution in [3.05, 3.63) is 101 Å². The van der Waals surface area contributed by atoms with Crippen molar-refractivity contribution in [2.24, 2.45) is 0 Å². The molecule has 4 heteroatoms. The summed E-state index contributed by atoms with van der Waals surface area (Å²) >= 11 is 0. The van der Waals surface area contributed by atoms with Crippen LogP contribution in [-0.4, -0.2) is 11.7 Å². The second kappa shape index (κ2) is 6.92. The Labute approximate surface area is 157 Å². The molecule has 1 aliphatic carbocycles. The van der Waals surface area contributed by atoms with Crippen LogP contribution in [0.2, 0.25) is 0 Å². The summed E-state index contributed by atoms with van der Waals surface area (Å²) < 4.78 is 0. The van der Waals surface area contributed by atoms with Gasteiger partial charge in [-0.1, -0.05) is 48.5 Å². The fourth-order valence-corrected chi connectivity index (χ4v) is 3.21. The van der Waals surface area contributed by atoms with Gasteiger partial charge in [0.2, 0.25) is 0 Å². The fourth-order valence-electron chi connectivity index (χ4n) is 3.21. The number of amides is 1. The minimum Gasteiger partial charge on any atom is -0.397 e. The third-order valence-electron chi connectivity index (χ3n) is 4.66. The fraction of sp³-hybridized carbons (Fsp3) is 0.0435. The smallest absolute Gasteiger partial charge is 0.255 e. The molecule has 0 fully saturated rings. The lowest BCUT2D eigenvalue weighted by Gasteiger charge is -2.08. The number of nitrogens with two attached hydrogens (primary N) is 1. The van der Waals surface area contributed by atoms with Crippen molar-refractivity contribution < 1.29 is 9.59 Å². The van der Waals surface area contributed by atoms with E-state index in [1.165, 1.54) is 0 Å². The van der Waals surface area contributed by atoms with Crippen LogP contribution in [0.15, 0.2) is 78.4 Å². The van der Waals surface area contributed by atoms with Gasteiger partial charge >= 0.3 is 0 Å². The average Bonchev–Trinajstić information content (AvgIpc) is 3.00. The van der Waals surface area contributed by atoms with Crippen molar-refractivity contribution in [2.45, 2.75) is 6.42 Å². The summed E-state index contributed by atoms with van der Waals surface area (Å²) in [6, 6.07) is 22.0. The highest BCUT2D eigenvalue weighted by atomic mass is 16.1. The molecule has 27 heavy (non-hydrogen) atoms. The normalized spacial score (nSPS) is 14.2. The molecule has 0 spiro atoms. The van der Waals surface area contributed by atoms with E-state index in [2.05, 4.69) is 5.32 Å². The molecule has 0 saturated carbocycles. The number of hydrogen-bond donors (Lipinski definition) is 2. The summed E-state index contributed by atoms with van der Waals surface area (Å²) in [6.07, 6.45) is 2.53. The van der Waals surface area contributed by atoms with Crippen LogP contribution in [0.1, 0.15) is 31.8 Å². The third kappa shape index (κ3) is 3.37. The lowest BCUT2D eigenvalue weighted by atomic mass is 10.1. The molecule has 1 aliphatic rings. The zero-order chi connectivity index (χ0) is 18.8. The van der Waals surface area contributed by atoms with Gasteiger partial charge in [0.15, 0.2) is 5.78 Å². The summed E-state index contributed by atoms with van der Waals surface area (Å²) in [5.41, 5.74) is 11.0. The maximum absolute atomic E-state index is 12.5. The molecule has 0 aromatic heterocycles. The Bertz CT molecular complexity index is 1070. The van der Waals surface area contributed by atoms with Crippen LogP contribution in [0.3, 0.4) is 0 Å². The van der Waals surface area contributed by atoms with Crippen LogP contribution in [0.4, 0.5) is 11.4 Å². The van der Waals surface area contributed by atoms with Crippen molar-refractivity contribution >= 4 is 29.1 Å². The summed E-state index contributed by atoms with van der Waals surface area (Å²) in [4.78, 5) is 24.9. The largest absolute Gasteiger partial charge is 0.397 e. The minimum absolute atomic E-state index is 0.0759. The van der Waals surface area contributed by atoms with Crippen LogP contribution < -0.4 is 11.1 Å². The summed E-state index contributed by atoms with van der Waals surface area (Å²) in [7, 11) is 0. The maximum atomic E-state index is 12.5. The van der Waals surface area contributed by atoms with Gasteiger partial charge in [-0.05, 0) is 41.5 Å². The number of carbonyl (C=O) groups excluding carboxylic acids is 2. The number of rotatable bonds is 3. The Balaban J connectivity index is 1.51. The molecule has 0 radical (unpaired) electrons. The number of benzene rings is 3. The topological polar surface area (TPSA) is 72.2 Å². The summed E-state index contributed by atoms with van der Waals surface area (Å²) in [5, 5.41) is 2.80. The zero-order valence-corrected chi connectivity index (χ0v) is 14.6. The number of carbonyl (C=O) groups is 2. The first-order valence-electron chi connectivity index (χ1n) is 8.71. The van der Waals surface area contributed by atoms with Gasteiger partial charge in [0.1, 0.15) is 0 Å². The first-order valence-corrected chi connectivity index (χ1v) is 8.71. The number of hydrogen-bond acceptors (Lipinski definition) is 3. The number of allylic oxidation sites excluding steroid dienone is 1. The van der Waals surface area contributed by atoms with E-state index in [0.29, 0.717) is 23.4 Å². The summed E-state index contributed by atoms with van der Waals surface area (Å²) in [6.45, 7) is 0. The number of Topliss-reactive ketones (excluding diaryl/α,β-unsaturated/α-hetero) is 1. The van der Waals surface area contributed by atoms with Gasteiger partial charge in [-0.3, -0.25) is 9.59 Å². The highest BCUT2D eigenvalue weighted by Crippen LogP contribution is 2.27. The van der Waals surface area contributed by atoms with E-state index in [9.17, 15) is 9.59 Å². The third-order valence-corrected chi connectivity index (χ3v) is 4.66. The lowest BCUT2D eigenvalue weighted by molar-refractivity contribution is 0.102. The van der Waals surface area contributed by atoms with Gasteiger partial charge in [0, 0.05) is 23.1 Å². The van der Waals surface area contributed by atoms with E-state index in [0.717, 1.165) is 22.3 Å². The van der Waals surface area contributed by atoms with Crippen LogP contribution in [0.25, 0.3) is 6.08 Å². The molecule has 132 valence electrons. The monoisotopic (exact) mass is 354 g/mol. The van der Waals surface area contributed by atoms with Gasteiger partial charge in [0.05, 0.1) is 11.4 Å². The van der Waals surface area contributed by atoms with Gasteiger partial charge in [0.25, 0.3) is 5.91 Å². The Morgan fingerprint density at radius 1 is 0.926 bits per heavy atom. The Morgan fingerprint density at radius 3 is 2.37 bits per heavy atom. The van der Waals surface area contributed by atoms with E-state index < -0.39 is 0 Å². The first kappa shape index (κ1) is 16.8. The molecule has 4 nitrogen and oxygen atoms in total. The van der Waals surface area contributed by atoms with Crippen LogP contribution in [0.5, 0.6) is 0 Å². The molecule has 4 rings (SSSR count). The number of nitrogens with one attached hydrogen (secondary N) is 1. The molecule has 0 bridgehead atoms. The Morgan fingerprint density at radius 2 is 1.63 bits per heavy atom. The molecule has 3 N–H and O–H groups in total. The molecule has 0 saturated heterocycles. The van der Waals surface area contributed by atoms with Crippen molar-refractivity contribution in [1.29, 1.82) is 0 Å². The summed E-state index contributed by atoms with van der Waals surface area (Å²) in [5.74, 6) is -0.150. The zero-order valence-electron chi connectivity index (χ0n) is 14.6. The van der Waals surface area contributed by atoms with Crippen molar-refractivity contribution in [3.8, 4) is 0 Å². The standard InChI is InChI=1S/C23H18N2O2/c24-20-7-3-4-8-21(20)25-23(27)16-11-9-15(10-12-16)13-18-14-17-5-1-2-6-19(17)22(18)26/h1-13H,14,24H2,(H,25,27)/b18-13-. The van der Waals surface area contributed by atoms with E-state index in [1.54, 1.807) is 24.3 Å². The SMILES string of the molecule is Nc1ccccc1NC(=O)c1ccc(/C=C2/Cc3ccccc3C2=O)cc1. The number of anilines is 2. The molecular weight excluding hydrogens is 336 g/mol. The number of para-hydroxylation sites is 2. The van der Waals surface area contributed by atoms with Gasteiger partial charge < -0.3 is 11.1 Å². The highest BCUT2D eigenvalue weighted by Gasteiger charge is 2.23. The second-order valence-electron chi connectivity index (χ2n) is 6.50. The number of ketones is 1. The van der Waals surface area contributed by atoms with Gasteiger partial charge in [-0.2, -0.15) is 0 Å². The van der Waals surface area contributed by atoms with E-state index in [4.69, 9.17) is 5.73 Å². The van der Waals surface area contributed by atoms with Crippen LogP contribution >= 0.6 is 0 Å². The first-order chi connectivity index (χ1) is 13.1. The van der Waals surface area contributed by atoms with E-state index >= 15 is 0 Å². The van der Waals surface area contributed by atoms with E-state index in [-0.39, 0.29) is 11.7 Å². The number of nitrogen functional groups attached to an aromatic ring is 1. The molecule has 3 aromatic carbocycles. The van der Waals surface area contributed by atoms with Crippen molar-refractivity contribution in [2.75, 3.05) is 11.1 Å². The molecular formula is C23H18N2O2. The predicted molar refractivity (Wildman–Crippen MR) is 108 cm³/mol.